The molecule has 0 aliphatic carbocycles. The number of carbonyl (C=O) groups is 1. The number of hydrogen-bond donors (Lipinski definition) is 1. The Morgan fingerprint density at radius 1 is 1.30 bits per heavy atom. The van der Waals surface area contributed by atoms with E-state index in [-0.39, 0.29) is 5.91 Å². The fourth-order valence-corrected chi connectivity index (χ4v) is 2.49. The van der Waals surface area contributed by atoms with Gasteiger partial charge in [-0.15, -0.1) is 0 Å². The zero-order chi connectivity index (χ0) is 14.4. The van der Waals surface area contributed by atoms with Crippen molar-refractivity contribution in [3.8, 4) is 0 Å². The average Bonchev–Trinajstić information content (AvgIpc) is 2.70. The summed E-state index contributed by atoms with van der Waals surface area (Å²) in [5.74, 6) is 0.0955. The quantitative estimate of drug-likeness (QED) is 0.887. The number of nitrogens with two attached hydrogens (primary N) is 1. The van der Waals surface area contributed by atoms with Crippen LogP contribution in [0.3, 0.4) is 0 Å². The number of aryl methyl sites for hydroxylation is 1. The molecule has 1 aliphatic rings. The Hall–Kier alpha value is -1.46. The summed E-state index contributed by atoms with van der Waals surface area (Å²) >= 11 is 0. The van der Waals surface area contributed by atoms with Crippen molar-refractivity contribution < 1.29 is 4.79 Å². The maximum atomic E-state index is 12.4. The van der Waals surface area contributed by atoms with E-state index in [1.54, 1.807) is 6.20 Å². The molecule has 1 aromatic rings. The van der Waals surface area contributed by atoms with Crippen molar-refractivity contribution >= 4 is 5.91 Å². The Morgan fingerprint density at radius 3 is 2.85 bits per heavy atom. The molecule has 20 heavy (non-hydrogen) atoms. The van der Waals surface area contributed by atoms with Gasteiger partial charge in [0.25, 0.3) is 5.91 Å². The standard InChI is InChI=1S/C15H24N4O/c1-13-4-5-14(12-17-13)15(20)19-9-3-8-18(10-11-19)7-2-6-16/h4-5,12H,2-3,6-11,16H2,1H3. The van der Waals surface area contributed by atoms with Gasteiger partial charge in [-0.1, -0.05) is 0 Å². The first-order valence-corrected chi connectivity index (χ1v) is 7.35. The van der Waals surface area contributed by atoms with Gasteiger partial charge in [-0.3, -0.25) is 9.78 Å². The lowest BCUT2D eigenvalue weighted by molar-refractivity contribution is 0.0761. The minimum absolute atomic E-state index is 0.0955. The summed E-state index contributed by atoms with van der Waals surface area (Å²) in [6.45, 7) is 7.29. The van der Waals surface area contributed by atoms with E-state index in [9.17, 15) is 4.79 Å². The van der Waals surface area contributed by atoms with Crippen molar-refractivity contribution in [2.45, 2.75) is 19.8 Å². The van der Waals surface area contributed by atoms with Crippen LogP contribution in [0.2, 0.25) is 0 Å². The van der Waals surface area contributed by atoms with Gasteiger partial charge in [0.2, 0.25) is 0 Å². The second-order valence-corrected chi connectivity index (χ2v) is 5.32. The van der Waals surface area contributed by atoms with E-state index in [0.717, 1.165) is 57.8 Å². The second kappa shape index (κ2) is 7.36. The Balaban J connectivity index is 1.92. The molecule has 0 unspecified atom stereocenters. The number of rotatable bonds is 4. The molecule has 1 fully saturated rings. The van der Waals surface area contributed by atoms with Gasteiger partial charge < -0.3 is 15.5 Å². The normalized spacial score (nSPS) is 17.0. The first-order chi connectivity index (χ1) is 9.70. The van der Waals surface area contributed by atoms with Crippen LogP contribution in [-0.2, 0) is 0 Å². The largest absolute Gasteiger partial charge is 0.337 e. The molecule has 0 aromatic carbocycles. The Labute approximate surface area is 120 Å². The van der Waals surface area contributed by atoms with Crippen LogP contribution in [0.4, 0.5) is 0 Å². The smallest absolute Gasteiger partial charge is 0.255 e. The van der Waals surface area contributed by atoms with Gasteiger partial charge in [0.1, 0.15) is 0 Å². The molecule has 2 N–H and O–H groups in total. The minimum Gasteiger partial charge on any atom is -0.337 e. The van der Waals surface area contributed by atoms with E-state index in [0.29, 0.717) is 5.56 Å². The molecule has 1 aromatic heterocycles. The van der Waals surface area contributed by atoms with Crippen LogP contribution in [0.5, 0.6) is 0 Å². The molecule has 2 heterocycles. The van der Waals surface area contributed by atoms with Crippen molar-refractivity contribution in [1.82, 2.24) is 14.8 Å². The summed E-state index contributed by atoms with van der Waals surface area (Å²) in [5.41, 5.74) is 7.17. The molecule has 0 radical (unpaired) electrons. The van der Waals surface area contributed by atoms with Gasteiger partial charge in [0, 0.05) is 31.5 Å². The average molecular weight is 276 g/mol. The highest BCUT2D eigenvalue weighted by molar-refractivity contribution is 5.93. The van der Waals surface area contributed by atoms with Gasteiger partial charge in [0.05, 0.1) is 5.56 Å². The molecule has 110 valence electrons. The molecular formula is C15H24N4O. The summed E-state index contributed by atoms with van der Waals surface area (Å²) in [4.78, 5) is 21.0. The highest BCUT2D eigenvalue weighted by atomic mass is 16.2. The van der Waals surface area contributed by atoms with Gasteiger partial charge in [-0.2, -0.15) is 0 Å². The highest BCUT2D eigenvalue weighted by Crippen LogP contribution is 2.09. The predicted octanol–water partition coefficient (Wildman–Crippen LogP) is 0.887. The van der Waals surface area contributed by atoms with Crippen LogP contribution in [0.25, 0.3) is 0 Å². The van der Waals surface area contributed by atoms with Crippen molar-refractivity contribution in [2.24, 2.45) is 5.73 Å². The van der Waals surface area contributed by atoms with E-state index >= 15 is 0 Å². The van der Waals surface area contributed by atoms with Crippen molar-refractivity contribution in [3.63, 3.8) is 0 Å². The molecule has 5 heteroatoms. The number of pyridine rings is 1. The SMILES string of the molecule is Cc1ccc(C(=O)N2CCCN(CCCN)CC2)cn1. The van der Waals surface area contributed by atoms with E-state index in [2.05, 4.69) is 9.88 Å². The lowest BCUT2D eigenvalue weighted by Crippen LogP contribution is -2.35. The Bertz CT molecular complexity index is 432. The third kappa shape index (κ3) is 4.02. The Morgan fingerprint density at radius 2 is 2.15 bits per heavy atom. The van der Waals surface area contributed by atoms with Crippen LogP contribution in [-0.4, -0.2) is 60.0 Å². The maximum Gasteiger partial charge on any atom is 0.255 e. The van der Waals surface area contributed by atoms with E-state index in [4.69, 9.17) is 5.73 Å². The molecular weight excluding hydrogens is 252 g/mol. The predicted molar refractivity (Wildman–Crippen MR) is 79.6 cm³/mol. The van der Waals surface area contributed by atoms with Gasteiger partial charge >= 0.3 is 0 Å². The van der Waals surface area contributed by atoms with E-state index in [1.165, 1.54) is 0 Å². The number of nitrogens with zero attached hydrogens (tertiary/aromatic N) is 3. The fraction of sp³-hybridized carbons (Fsp3) is 0.600. The zero-order valence-corrected chi connectivity index (χ0v) is 12.2. The summed E-state index contributed by atoms with van der Waals surface area (Å²) in [5, 5.41) is 0. The molecule has 5 nitrogen and oxygen atoms in total. The summed E-state index contributed by atoms with van der Waals surface area (Å²) < 4.78 is 0. The summed E-state index contributed by atoms with van der Waals surface area (Å²) in [7, 11) is 0. The van der Waals surface area contributed by atoms with Crippen LogP contribution >= 0.6 is 0 Å². The number of hydrogen-bond acceptors (Lipinski definition) is 4. The highest BCUT2D eigenvalue weighted by Gasteiger charge is 2.20. The van der Waals surface area contributed by atoms with Crippen LogP contribution in [0.15, 0.2) is 18.3 Å². The molecule has 1 aliphatic heterocycles. The monoisotopic (exact) mass is 276 g/mol. The minimum atomic E-state index is 0.0955. The second-order valence-electron chi connectivity index (χ2n) is 5.32. The number of amides is 1. The molecule has 0 spiro atoms. The van der Waals surface area contributed by atoms with E-state index < -0.39 is 0 Å². The molecule has 2 rings (SSSR count). The fourth-order valence-electron chi connectivity index (χ4n) is 2.49. The number of aromatic nitrogens is 1. The molecule has 1 amide bonds. The Kier molecular flexibility index (Phi) is 5.49. The first kappa shape index (κ1) is 14.9. The lowest BCUT2D eigenvalue weighted by atomic mass is 10.2. The van der Waals surface area contributed by atoms with Crippen molar-refractivity contribution in [2.75, 3.05) is 39.3 Å². The molecule has 0 atom stereocenters. The third-order valence-corrected chi connectivity index (χ3v) is 3.71. The van der Waals surface area contributed by atoms with Crippen LogP contribution in [0, 0.1) is 6.92 Å². The van der Waals surface area contributed by atoms with E-state index in [1.807, 2.05) is 24.0 Å². The van der Waals surface area contributed by atoms with Gasteiger partial charge in [-0.25, -0.2) is 0 Å². The first-order valence-electron chi connectivity index (χ1n) is 7.35. The van der Waals surface area contributed by atoms with Gasteiger partial charge in [0.15, 0.2) is 0 Å². The third-order valence-electron chi connectivity index (χ3n) is 3.71. The maximum absolute atomic E-state index is 12.4. The summed E-state index contributed by atoms with van der Waals surface area (Å²) in [6.07, 6.45) is 3.72. The van der Waals surface area contributed by atoms with Crippen molar-refractivity contribution in [1.29, 1.82) is 0 Å². The molecule has 0 bridgehead atoms. The van der Waals surface area contributed by atoms with Gasteiger partial charge in [-0.05, 0) is 51.5 Å². The number of carbonyl (C=O) groups excluding carboxylic acids is 1. The lowest BCUT2D eigenvalue weighted by Gasteiger charge is -2.21. The topological polar surface area (TPSA) is 62.5 Å². The molecule has 0 saturated carbocycles. The summed E-state index contributed by atoms with van der Waals surface area (Å²) in [6, 6.07) is 3.75. The zero-order valence-electron chi connectivity index (χ0n) is 12.2. The molecule has 1 saturated heterocycles. The van der Waals surface area contributed by atoms with Crippen molar-refractivity contribution in [3.05, 3.63) is 29.6 Å². The van der Waals surface area contributed by atoms with Crippen LogP contribution in [0.1, 0.15) is 28.9 Å². The van der Waals surface area contributed by atoms with Crippen LogP contribution < -0.4 is 5.73 Å².